The van der Waals surface area contributed by atoms with Crippen LogP contribution in [0.1, 0.15) is 51.9 Å². The Morgan fingerprint density at radius 1 is 1.34 bits per heavy atom. The molecule has 4 unspecified atom stereocenters. The Morgan fingerprint density at radius 2 is 2.16 bits per heavy atom. The minimum Gasteiger partial charge on any atom is -0.480 e. The molecule has 0 radical (unpaired) electrons. The Labute approximate surface area is 189 Å². The molecule has 1 fully saturated rings. The lowest BCUT2D eigenvalue weighted by molar-refractivity contribution is -0.138. The molecule has 6 N–H and O–H groups in total. The smallest absolute Gasteiger partial charge is 0.323 e. The number of carbonyl (C=O) groups excluding carboxylic acids is 1. The molecule has 2 aliphatic heterocycles. The summed E-state index contributed by atoms with van der Waals surface area (Å²) in [5.74, 6) is -1.85. The minimum absolute atomic E-state index is 0.00504. The number of rotatable bonds is 15. The van der Waals surface area contributed by atoms with Gasteiger partial charge in [0, 0.05) is 31.8 Å². The second-order valence-corrected chi connectivity index (χ2v) is 9.93. The highest BCUT2D eigenvalue weighted by atomic mass is 32.2. The third-order valence-corrected chi connectivity index (χ3v) is 6.65. The molecule has 0 spiro atoms. The van der Waals surface area contributed by atoms with Crippen molar-refractivity contribution in [1.82, 2.24) is 26.2 Å². The molecule has 12 nitrogen and oxygen atoms in total. The van der Waals surface area contributed by atoms with Crippen molar-refractivity contribution < 1.29 is 28.0 Å². The molecule has 13 heteroatoms. The molecule has 0 aromatic rings. The second-order valence-electron chi connectivity index (χ2n) is 8.05. The van der Waals surface area contributed by atoms with Crippen LogP contribution >= 0.6 is 0 Å². The SMILES string of the molecule is CCCCS(=O)(=O)NC(CNC(=O)CC1CC(CCCNC2N=CCCN2)ON1)C(=O)O. The van der Waals surface area contributed by atoms with E-state index in [0.29, 0.717) is 19.3 Å². The van der Waals surface area contributed by atoms with Crippen LogP contribution in [0.15, 0.2) is 4.99 Å². The molecule has 1 saturated heterocycles. The first-order valence-electron chi connectivity index (χ1n) is 11.2. The fourth-order valence-corrected chi connectivity index (χ4v) is 4.82. The van der Waals surface area contributed by atoms with E-state index in [-0.39, 0.29) is 43.1 Å². The lowest BCUT2D eigenvalue weighted by atomic mass is 10.0. The third kappa shape index (κ3) is 10.3. The van der Waals surface area contributed by atoms with Crippen LogP contribution in [-0.2, 0) is 24.4 Å². The van der Waals surface area contributed by atoms with Crippen molar-refractivity contribution in [2.24, 2.45) is 4.99 Å². The molecule has 0 saturated carbocycles. The first-order valence-corrected chi connectivity index (χ1v) is 12.8. The van der Waals surface area contributed by atoms with E-state index < -0.39 is 22.0 Å². The van der Waals surface area contributed by atoms with Gasteiger partial charge in [0.15, 0.2) is 6.29 Å². The number of amides is 1. The Kier molecular flexibility index (Phi) is 11.5. The number of hydrogen-bond donors (Lipinski definition) is 6. The lowest BCUT2D eigenvalue weighted by Gasteiger charge is -2.19. The van der Waals surface area contributed by atoms with Gasteiger partial charge in [0.2, 0.25) is 15.9 Å². The molecule has 0 aromatic carbocycles. The average Bonchev–Trinajstić information content (AvgIpc) is 3.20. The van der Waals surface area contributed by atoms with E-state index in [9.17, 15) is 23.1 Å². The van der Waals surface area contributed by atoms with E-state index in [2.05, 4.69) is 31.1 Å². The highest BCUT2D eigenvalue weighted by molar-refractivity contribution is 7.89. The van der Waals surface area contributed by atoms with Crippen LogP contribution in [0, 0.1) is 0 Å². The minimum atomic E-state index is -3.72. The number of carboxylic acid groups (broad SMARTS) is 1. The van der Waals surface area contributed by atoms with Gasteiger partial charge in [-0.2, -0.15) is 10.2 Å². The maximum Gasteiger partial charge on any atom is 0.323 e. The summed E-state index contributed by atoms with van der Waals surface area (Å²) in [6.07, 6.45) is 6.44. The normalized spacial score (nSPS) is 24.3. The number of hydrogen-bond acceptors (Lipinski definition) is 9. The van der Waals surface area contributed by atoms with E-state index in [0.717, 1.165) is 32.4 Å². The number of nitrogens with zero attached hydrogens (tertiary/aromatic N) is 1. The predicted octanol–water partition coefficient (Wildman–Crippen LogP) is -0.955. The van der Waals surface area contributed by atoms with Crippen molar-refractivity contribution in [3.05, 3.63) is 0 Å². The number of nitrogens with one attached hydrogen (secondary N) is 5. The van der Waals surface area contributed by atoms with E-state index in [1.54, 1.807) is 0 Å². The van der Waals surface area contributed by atoms with Gasteiger partial charge in [-0.15, -0.1) is 0 Å². The molecule has 0 bridgehead atoms. The fourth-order valence-electron chi connectivity index (χ4n) is 3.42. The Hall–Kier alpha value is -1.64. The summed E-state index contributed by atoms with van der Waals surface area (Å²) < 4.78 is 26.0. The van der Waals surface area contributed by atoms with Crippen molar-refractivity contribution >= 4 is 28.1 Å². The van der Waals surface area contributed by atoms with Gasteiger partial charge in [-0.25, -0.2) is 8.42 Å². The van der Waals surface area contributed by atoms with Crippen molar-refractivity contribution in [3.8, 4) is 0 Å². The van der Waals surface area contributed by atoms with Gasteiger partial charge in [0.05, 0.1) is 11.9 Å². The van der Waals surface area contributed by atoms with Crippen LogP contribution in [0.3, 0.4) is 0 Å². The topological polar surface area (TPSA) is 170 Å². The zero-order valence-corrected chi connectivity index (χ0v) is 19.3. The van der Waals surface area contributed by atoms with Crippen LogP contribution in [0.25, 0.3) is 0 Å². The first-order chi connectivity index (χ1) is 15.3. The number of aliphatic carboxylic acids is 1. The van der Waals surface area contributed by atoms with E-state index >= 15 is 0 Å². The van der Waals surface area contributed by atoms with Crippen molar-refractivity contribution in [2.45, 2.75) is 76.3 Å². The number of carboxylic acids is 1. The number of sulfonamides is 1. The van der Waals surface area contributed by atoms with Crippen LogP contribution in [0.5, 0.6) is 0 Å². The zero-order chi connectivity index (χ0) is 23.4. The van der Waals surface area contributed by atoms with E-state index in [4.69, 9.17) is 4.84 Å². The molecule has 4 atom stereocenters. The first kappa shape index (κ1) is 26.6. The summed E-state index contributed by atoms with van der Waals surface area (Å²) in [6.45, 7) is 3.24. The molecule has 0 aromatic heterocycles. The number of hydroxylamine groups is 1. The summed E-state index contributed by atoms with van der Waals surface area (Å²) in [4.78, 5) is 33.4. The van der Waals surface area contributed by atoms with Gasteiger partial charge in [-0.05, 0) is 38.6 Å². The Balaban J connectivity index is 1.63. The number of aliphatic imine (C=N–C) groups is 1. The molecule has 1 amide bonds. The summed E-state index contributed by atoms with van der Waals surface area (Å²) in [5, 5.41) is 18.3. The van der Waals surface area contributed by atoms with Gasteiger partial charge in [0.1, 0.15) is 6.04 Å². The standard InChI is InChI=1S/C19H36N6O6S/c1-2-3-10-32(29,30)25-16(18(27)28)13-23-17(26)12-14-11-15(31-24-14)6-4-7-20-19-21-8-5-9-22-19/h8,14-16,19-20,22,24-25H,2-7,9-13H2,1H3,(H,23,26)(H,27,28). The maximum atomic E-state index is 12.2. The monoisotopic (exact) mass is 476 g/mol. The molecule has 32 heavy (non-hydrogen) atoms. The van der Waals surface area contributed by atoms with Crippen molar-refractivity contribution in [1.29, 1.82) is 0 Å². The van der Waals surface area contributed by atoms with Crippen molar-refractivity contribution in [3.63, 3.8) is 0 Å². The van der Waals surface area contributed by atoms with Gasteiger partial charge < -0.3 is 10.4 Å². The second kappa shape index (κ2) is 13.8. The zero-order valence-electron chi connectivity index (χ0n) is 18.5. The Bertz CT molecular complexity index is 734. The summed E-state index contributed by atoms with van der Waals surface area (Å²) in [7, 11) is -3.72. The van der Waals surface area contributed by atoms with Crippen LogP contribution in [0.2, 0.25) is 0 Å². The largest absolute Gasteiger partial charge is 0.480 e. The van der Waals surface area contributed by atoms with Gasteiger partial charge in [-0.1, -0.05) is 13.3 Å². The van der Waals surface area contributed by atoms with Crippen LogP contribution in [0.4, 0.5) is 0 Å². The van der Waals surface area contributed by atoms with Gasteiger partial charge >= 0.3 is 5.97 Å². The Morgan fingerprint density at radius 3 is 2.84 bits per heavy atom. The van der Waals surface area contributed by atoms with E-state index in [1.807, 2.05) is 13.1 Å². The molecule has 2 aliphatic rings. The lowest BCUT2D eigenvalue weighted by Crippen LogP contribution is -2.49. The highest BCUT2D eigenvalue weighted by Crippen LogP contribution is 2.17. The number of unbranched alkanes of at least 4 members (excludes halogenated alkanes) is 1. The van der Waals surface area contributed by atoms with Crippen LogP contribution < -0.4 is 26.2 Å². The molecular weight excluding hydrogens is 440 g/mol. The van der Waals surface area contributed by atoms with Crippen LogP contribution in [-0.4, -0.2) is 81.5 Å². The maximum absolute atomic E-state index is 12.2. The quantitative estimate of drug-likeness (QED) is 0.163. The fraction of sp³-hybridized carbons (Fsp3) is 0.842. The molecule has 2 heterocycles. The van der Waals surface area contributed by atoms with Gasteiger partial charge in [-0.3, -0.25) is 30.1 Å². The molecular formula is C19H36N6O6S. The summed E-state index contributed by atoms with van der Waals surface area (Å²) in [5.41, 5.74) is 2.85. The highest BCUT2D eigenvalue weighted by Gasteiger charge is 2.28. The van der Waals surface area contributed by atoms with Crippen molar-refractivity contribution in [2.75, 3.05) is 25.4 Å². The molecule has 2 rings (SSSR count). The molecule has 184 valence electrons. The summed E-state index contributed by atoms with van der Waals surface area (Å²) >= 11 is 0. The number of carbonyl (C=O) groups is 2. The summed E-state index contributed by atoms with van der Waals surface area (Å²) in [6, 6.07) is -1.58. The predicted molar refractivity (Wildman–Crippen MR) is 119 cm³/mol. The third-order valence-electron chi connectivity index (χ3n) is 5.18. The van der Waals surface area contributed by atoms with E-state index in [1.165, 1.54) is 0 Å². The van der Waals surface area contributed by atoms with Gasteiger partial charge in [0.25, 0.3) is 0 Å². The average molecular weight is 477 g/mol. The molecule has 0 aliphatic carbocycles.